The van der Waals surface area contributed by atoms with Crippen molar-refractivity contribution in [1.82, 2.24) is 9.88 Å². The van der Waals surface area contributed by atoms with Crippen molar-refractivity contribution in [2.24, 2.45) is 0 Å². The lowest BCUT2D eigenvalue weighted by molar-refractivity contribution is 0.217. The van der Waals surface area contributed by atoms with Gasteiger partial charge in [-0.2, -0.15) is 0 Å². The van der Waals surface area contributed by atoms with Gasteiger partial charge in [-0.05, 0) is 30.6 Å². The van der Waals surface area contributed by atoms with Gasteiger partial charge >= 0.3 is 0 Å². The number of hydrogen-bond donors (Lipinski definition) is 1. The van der Waals surface area contributed by atoms with Gasteiger partial charge in [-0.25, -0.2) is 4.98 Å². The Morgan fingerprint density at radius 1 is 1.20 bits per heavy atom. The SMILES string of the molecule is CCN(CC)CCOc1nc(CO)cc2ccccc12. The Kier molecular flexibility index (Phi) is 5.32. The van der Waals surface area contributed by atoms with Crippen LogP contribution in [0.5, 0.6) is 5.88 Å². The maximum atomic E-state index is 9.28. The molecule has 4 heteroatoms. The molecule has 108 valence electrons. The van der Waals surface area contributed by atoms with Crippen LogP contribution in [-0.4, -0.2) is 41.2 Å². The van der Waals surface area contributed by atoms with Crippen molar-refractivity contribution >= 4 is 10.8 Å². The van der Waals surface area contributed by atoms with Gasteiger partial charge in [0, 0.05) is 11.9 Å². The number of hydrogen-bond acceptors (Lipinski definition) is 4. The molecule has 0 amide bonds. The summed E-state index contributed by atoms with van der Waals surface area (Å²) < 4.78 is 5.83. The smallest absolute Gasteiger partial charge is 0.221 e. The van der Waals surface area contributed by atoms with Gasteiger partial charge in [-0.3, -0.25) is 0 Å². The summed E-state index contributed by atoms with van der Waals surface area (Å²) in [6.07, 6.45) is 0. The lowest BCUT2D eigenvalue weighted by Gasteiger charge is -2.18. The van der Waals surface area contributed by atoms with E-state index in [4.69, 9.17) is 4.74 Å². The monoisotopic (exact) mass is 274 g/mol. The van der Waals surface area contributed by atoms with Crippen LogP contribution < -0.4 is 4.74 Å². The molecule has 0 spiro atoms. The molecule has 0 aliphatic carbocycles. The Bertz CT molecular complexity index is 553. The molecular weight excluding hydrogens is 252 g/mol. The number of likely N-dealkylation sites (N-methyl/N-ethyl adjacent to an activating group) is 1. The fourth-order valence-corrected chi connectivity index (χ4v) is 2.22. The van der Waals surface area contributed by atoms with Crippen molar-refractivity contribution in [3.8, 4) is 5.88 Å². The predicted molar refractivity (Wildman–Crippen MR) is 80.9 cm³/mol. The number of aliphatic hydroxyl groups excluding tert-OH is 1. The lowest BCUT2D eigenvalue weighted by Crippen LogP contribution is -2.28. The topological polar surface area (TPSA) is 45.6 Å². The van der Waals surface area contributed by atoms with Crippen molar-refractivity contribution < 1.29 is 9.84 Å². The van der Waals surface area contributed by atoms with E-state index in [-0.39, 0.29) is 6.61 Å². The normalized spacial score (nSPS) is 11.2. The molecule has 1 aromatic heterocycles. The molecule has 2 aromatic rings. The molecule has 0 saturated heterocycles. The van der Waals surface area contributed by atoms with Gasteiger partial charge < -0.3 is 14.7 Å². The Balaban J connectivity index is 2.15. The summed E-state index contributed by atoms with van der Waals surface area (Å²) in [5.74, 6) is 0.610. The number of benzene rings is 1. The van der Waals surface area contributed by atoms with Crippen molar-refractivity contribution in [2.75, 3.05) is 26.2 Å². The number of nitrogens with zero attached hydrogens (tertiary/aromatic N) is 2. The third-order valence-electron chi connectivity index (χ3n) is 3.46. The minimum atomic E-state index is -0.0722. The first-order valence-corrected chi connectivity index (χ1v) is 7.13. The van der Waals surface area contributed by atoms with E-state index in [1.807, 2.05) is 30.3 Å². The van der Waals surface area contributed by atoms with Crippen LogP contribution >= 0.6 is 0 Å². The second kappa shape index (κ2) is 7.22. The second-order valence-corrected chi connectivity index (χ2v) is 4.67. The van der Waals surface area contributed by atoms with E-state index in [1.165, 1.54) is 0 Å². The summed E-state index contributed by atoms with van der Waals surface area (Å²) in [5, 5.41) is 11.3. The third kappa shape index (κ3) is 3.46. The maximum absolute atomic E-state index is 9.28. The quantitative estimate of drug-likeness (QED) is 0.842. The molecule has 20 heavy (non-hydrogen) atoms. The Morgan fingerprint density at radius 2 is 1.95 bits per heavy atom. The summed E-state index contributed by atoms with van der Waals surface area (Å²) in [6.45, 7) is 7.74. The van der Waals surface area contributed by atoms with Gasteiger partial charge in [-0.1, -0.05) is 32.0 Å². The van der Waals surface area contributed by atoms with Crippen molar-refractivity contribution in [1.29, 1.82) is 0 Å². The zero-order valence-corrected chi connectivity index (χ0v) is 12.2. The fourth-order valence-electron chi connectivity index (χ4n) is 2.22. The zero-order valence-electron chi connectivity index (χ0n) is 12.2. The molecule has 0 bridgehead atoms. The van der Waals surface area contributed by atoms with Crippen LogP contribution in [0.15, 0.2) is 30.3 Å². The van der Waals surface area contributed by atoms with E-state index >= 15 is 0 Å². The number of rotatable bonds is 7. The summed E-state index contributed by atoms with van der Waals surface area (Å²) in [6, 6.07) is 9.85. The predicted octanol–water partition coefficient (Wildman–Crippen LogP) is 2.45. The zero-order chi connectivity index (χ0) is 14.4. The number of aromatic nitrogens is 1. The highest BCUT2D eigenvalue weighted by Gasteiger charge is 2.07. The van der Waals surface area contributed by atoms with Crippen LogP contribution in [0.4, 0.5) is 0 Å². The molecule has 1 N–H and O–H groups in total. The number of pyridine rings is 1. The van der Waals surface area contributed by atoms with Crippen LogP contribution in [0.2, 0.25) is 0 Å². The molecule has 0 saturated carbocycles. The first-order chi connectivity index (χ1) is 9.78. The van der Waals surface area contributed by atoms with E-state index < -0.39 is 0 Å². The summed E-state index contributed by atoms with van der Waals surface area (Å²) >= 11 is 0. The fraction of sp³-hybridized carbons (Fsp3) is 0.438. The average Bonchev–Trinajstić information content (AvgIpc) is 2.51. The van der Waals surface area contributed by atoms with E-state index in [0.717, 1.165) is 30.4 Å². The van der Waals surface area contributed by atoms with Gasteiger partial charge in [0.1, 0.15) is 6.61 Å². The van der Waals surface area contributed by atoms with Gasteiger partial charge in [-0.15, -0.1) is 0 Å². The van der Waals surface area contributed by atoms with Crippen molar-refractivity contribution in [3.05, 3.63) is 36.0 Å². The Hall–Kier alpha value is -1.65. The van der Waals surface area contributed by atoms with Crippen LogP contribution in [0, 0.1) is 0 Å². The standard InChI is InChI=1S/C16H22N2O2/c1-3-18(4-2)9-10-20-16-15-8-6-5-7-13(15)11-14(12-19)17-16/h5-8,11,19H,3-4,9-10,12H2,1-2H3. The molecule has 0 aliphatic heterocycles. The van der Waals surface area contributed by atoms with Crippen molar-refractivity contribution in [2.45, 2.75) is 20.5 Å². The van der Waals surface area contributed by atoms with Gasteiger partial charge in [0.05, 0.1) is 12.3 Å². The molecular formula is C16H22N2O2. The largest absolute Gasteiger partial charge is 0.476 e. The molecule has 1 heterocycles. The summed E-state index contributed by atoms with van der Waals surface area (Å²) in [7, 11) is 0. The first kappa shape index (κ1) is 14.8. The van der Waals surface area contributed by atoms with Gasteiger partial charge in [0.15, 0.2) is 0 Å². The highest BCUT2D eigenvalue weighted by Crippen LogP contribution is 2.24. The van der Waals surface area contributed by atoms with Crippen LogP contribution in [0.1, 0.15) is 19.5 Å². The van der Waals surface area contributed by atoms with E-state index in [0.29, 0.717) is 18.2 Å². The lowest BCUT2D eigenvalue weighted by atomic mass is 10.1. The number of aliphatic hydroxyl groups is 1. The Labute approximate surface area is 120 Å². The van der Waals surface area contributed by atoms with Gasteiger partial charge in [0.25, 0.3) is 0 Å². The number of ether oxygens (including phenoxy) is 1. The van der Waals surface area contributed by atoms with Crippen molar-refractivity contribution in [3.63, 3.8) is 0 Å². The number of fused-ring (bicyclic) bond motifs is 1. The minimum Gasteiger partial charge on any atom is -0.476 e. The molecule has 0 unspecified atom stereocenters. The van der Waals surface area contributed by atoms with E-state index in [1.54, 1.807) is 0 Å². The molecule has 0 fully saturated rings. The Morgan fingerprint density at radius 3 is 2.65 bits per heavy atom. The van der Waals surface area contributed by atoms with E-state index in [9.17, 15) is 5.11 Å². The summed E-state index contributed by atoms with van der Waals surface area (Å²) in [4.78, 5) is 6.68. The maximum Gasteiger partial charge on any atom is 0.221 e. The molecule has 0 aliphatic rings. The molecule has 2 rings (SSSR count). The highest BCUT2D eigenvalue weighted by molar-refractivity contribution is 5.87. The minimum absolute atomic E-state index is 0.0722. The highest BCUT2D eigenvalue weighted by atomic mass is 16.5. The second-order valence-electron chi connectivity index (χ2n) is 4.67. The molecule has 0 radical (unpaired) electrons. The molecule has 4 nitrogen and oxygen atoms in total. The van der Waals surface area contributed by atoms with Crippen LogP contribution in [0.25, 0.3) is 10.8 Å². The molecule has 1 aromatic carbocycles. The van der Waals surface area contributed by atoms with Crippen LogP contribution in [0.3, 0.4) is 0 Å². The summed E-state index contributed by atoms with van der Waals surface area (Å²) in [5.41, 5.74) is 0.640. The van der Waals surface area contributed by atoms with Gasteiger partial charge in [0.2, 0.25) is 5.88 Å². The first-order valence-electron chi connectivity index (χ1n) is 7.13. The average molecular weight is 274 g/mol. The molecule has 0 atom stereocenters. The van der Waals surface area contributed by atoms with Crippen LogP contribution in [-0.2, 0) is 6.61 Å². The van der Waals surface area contributed by atoms with E-state index in [2.05, 4.69) is 23.7 Å². The third-order valence-corrected chi connectivity index (χ3v) is 3.46.